The third-order valence-electron chi connectivity index (χ3n) is 9.42. The Bertz CT molecular complexity index is 1070. The highest BCUT2D eigenvalue weighted by atomic mass is 16.6. The molecule has 3 aliphatic rings. The van der Waals surface area contributed by atoms with Crippen LogP contribution in [0.1, 0.15) is 74.1 Å². The van der Waals surface area contributed by atoms with Crippen LogP contribution in [0, 0.1) is 22.7 Å². The number of cyclic esters (lactones) is 1. The van der Waals surface area contributed by atoms with Gasteiger partial charge in [-0.3, -0.25) is 19.2 Å². The van der Waals surface area contributed by atoms with Crippen molar-refractivity contribution in [3.05, 3.63) is 11.6 Å². The van der Waals surface area contributed by atoms with Gasteiger partial charge in [0.05, 0.1) is 11.0 Å². The zero-order valence-electron chi connectivity index (χ0n) is 24.7. The number of rotatable bonds is 9. The molecule has 40 heavy (non-hydrogen) atoms. The average molecular weight is 567 g/mol. The van der Waals surface area contributed by atoms with Gasteiger partial charge in [-0.2, -0.15) is 0 Å². The molecule has 0 N–H and O–H groups in total. The summed E-state index contributed by atoms with van der Waals surface area (Å²) in [6.07, 6.45) is 0.618. The third-order valence-corrected chi connectivity index (χ3v) is 9.42. The number of fused-ring (bicyclic) bond motifs is 1. The van der Waals surface area contributed by atoms with E-state index in [1.807, 2.05) is 20.8 Å². The lowest BCUT2D eigenvalue weighted by molar-refractivity contribution is -0.300. The molecule has 224 valence electrons. The fraction of sp³-hybridized carbons (Fsp3) is 0.759. The topological polar surface area (TPSA) is 141 Å². The standard InChI is InChI=1S/C29H42O11/c1-16-11-24(40-20(5)33)29(15-37-17(2)30)26(22(38-18(3)31)9-10-28(29,7)35-8)27(16,6)13-23(39-19(4)32)21-12-25(34)36-14-21/h12,16,22-24,26H,9-11,13-15H2,1-8H3/t16-,22-,23+,24+,26-,27+,28-,29-/m1/s1. The second kappa shape index (κ2) is 11.9. The van der Waals surface area contributed by atoms with E-state index in [9.17, 15) is 24.0 Å². The smallest absolute Gasteiger partial charge is 0.331 e. The molecular weight excluding hydrogens is 524 g/mol. The van der Waals surface area contributed by atoms with Crippen LogP contribution < -0.4 is 0 Å². The minimum atomic E-state index is -1.14. The van der Waals surface area contributed by atoms with Gasteiger partial charge in [0.25, 0.3) is 0 Å². The van der Waals surface area contributed by atoms with Crippen LogP contribution in [0.5, 0.6) is 0 Å². The van der Waals surface area contributed by atoms with E-state index >= 15 is 0 Å². The lowest BCUT2D eigenvalue weighted by atomic mass is 9.41. The highest BCUT2D eigenvalue weighted by Gasteiger charge is 2.72. The Kier molecular flexibility index (Phi) is 9.38. The molecule has 0 bridgehead atoms. The molecule has 3 rings (SSSR count). The molecule has 0 aromatic heterocycles. The van der Waals surface area contributed by atoms with Crippen molar-refractivity contribution in [2.45, 2.75) is 98.1 Å². The van der Waals surface area contributed by atoms with Crippen molar-refractivity contribution >= 4 is 29.8 Å². The van der Waals surface area contributed by atoms with Crippen LogP contribution in [0.4, 0.5) is 0 Å². The van der Waals surface area contributed by atoms with Gasteiger partial charge in [-0.15, -0.1) is 0 Å². The molecule has 0 spiro atoms. The van der Waals surface area contributed by atoms with Crippen LogP contribution >= 0.6 is 0 Å². The number of ether oxygens (including phenoxy) is 6. The quantitative estimate of drug-likeness (QED) is 0.300. The largest absolute Gasteiger partial charge is 0.465 e. The molecule has 0 unspecified atom stereocenters. The van der Waals surface area contributed by atoms with E-state index in [2.05, 4.69) is 0 Å². The van der Waals surface area contributed by atoms with Crippen molar-refractivity contribution in [2.75, 3.05) is 20.3 Å². The Balaban J connectivity index is 2.28. The maximum absolute atomic E-state index is 12.4. The van der Waals surface area contributed by atoms with Crippen LogP contribution in [0.15, 0.2) is 11.6 Å². The summed E-state index contributed by atoms with van der Waals surface area (Å²) in [7, 11) is 1.56. The molecule has 2 aliphatic carbocycles. The van der Waals surface area contributed by atoms with E-state index in [1.165, 1.54) is 33.8 Å². The van der Waals surface area contributed by atoms with E-state index in [0.29, 0.717) is 24.8 Å². The van der Waals surface area contributed by atoms with Crippen LogP contribution in [0.3, 0.4) is 0 Å². The Hall–Kier alpha value is -2.95. The second-order valence-corrected chi connectivity index (χ2v) is 11.8. The van der Waals surface area contributed by atoms with Gasteiger partial charge in [0.15, 0.2) is 0 Å². The van der Waals surface area contributed by atoms with Crippen molar-refractivity contribution in [2.24, 2.45) is 22.7 Å². The first-order valence-electron chi connectivity index (χ1n) is 13.7. The molecule has 2 fully saturated rings. The first-order valence-corrected chi connectivity index (χ1v) is 13.7. The lowest BCUT2D eigenvalue weighted by Crippen LogP contribution is -2.73. The Morgan fingerprint density at radius 1 is 1.02 bits per heavy atom. The third kappa shape index (κ3) is 5.89. The minimum absolute atomic E-state index is 0.0102. The fourth-order valence-electron chi connectivity index (χ4n) is 7.43. The van der Waals surface area contributed by atoms with E-state index < -0.39 is 70.5 Å². The van der Waals surface area contributed by atoms with E-state index in [0.717, 1.165) is 0 Å². The Morgan fingerprint density at radius 3 is 2.17 bits per heavy atom. The Labute approximate surface area is 235 Å². The molecule has 1 aliphatic heterocycles. The highest BCUT2D eigenvalue weighted by Crippen LogP contribution is 2.66. The molecule has 1 heterocycles. The van der Waals surface area contributed by atoms with E-state index in [4.69, 9.17) is 28.4 Å². The zero-order valence-corrected chi connectivity index (χ0v) is 24.7. The molecule has 0 aromatic rings. The first-order chi connectivity index (χ1) is 18.6. The van der Waals surface area contributed by atoms with Crippen LogP contribution in [-0.4, -0.2) is 74.1 Å². The predicted octanol–water partition coefficient (Wildman–Crippen LogP) is 3.07. The van der Waals surface area contributed by atoms with Crippen molar-refractivity contribution in [3.8, 4) is 0 Å². The number of esters is 5. The Morgan fingerprint density at radius 2 is 1.68 bits per heavy atom. The molecule has 2 saturated carbocycles. The zero-order chi connectivity index (χ0) is 30.0. The van der Waals surface area contributed by atoms with Crippen molar-refractivity contribution in [1.29, 1.82) is 0 Å². The fourth-order valence-corrected chi connectivity index (χ4v) is 7.43. The summed E-state index contributed by atoms with van der Waals surface area (Å²) in [4.78, 5) is 61.2. The van der Waals surface area contributed by atoms with Gasteiger partial charge in [-0.1, -0.05) is 13.8 Å². The summed E-state index contributed by atoms with van der Waals surface area (Å²) < 4.78 is 34.7. The number of methoxy groups -OCH3 is 1. The average Bonchev–Trinajstić information content (AvgIpc) is 3.27. The molecule has 11 heteroatoms. The molecule has 0 saturated heterocycles. The number of carbonyl (C=O) groups is 5. The van der Waals surface area contributed by atoms with Gasteiger partial charge in [0.2, 0.25) is 0 Å². The van der Waals surface area contributed by atoms with Gasteiger partial charge in [0.1, 0.15) is 31.5 Å². The van der Waals surface area contributed by atoms with Crippen LogP contribution in [0.25, 0.3) is 0 Å². The minimum Gasteiger partial charge on any atom is -0.465 e. The number of carbonyl (C=O) groups excluding carboxylic acids is 5. The second-order valence-electron chi connectivity index (χ2n) is 11.8. The summed E-state index contributed by atoms with van der Waals surface area (Å²) in [6.45, 7) is 11.0. The molecule has 0 radical (unpaired) electrons. The molecular formula is C29H42O11. The maximum atomic E-state index is 12.4. The van der Waals surface area contributed by atoms with Crippen LogP contribution in [0.2, 0.25) is 0 Å². The lowest BCUT2D eigenvalue weighted by Gasteiger charge is -2.67. The SMILES string of the molecule is CO[C@]1(C)CC[C@@H](OC(C)=O)[C@@H]2[C@@](C)(C[C@H](OC(C)=O)C3=CC(=O)OC3)[C@H](C)C[C@H](OC(C)=O)[C@]21COC(C)=O. The molecule has 11 nitrogen and oxygen atoms in total. The number of hydrogen-bond acceptors (Lipinski definition) is 11. The van der Waals surface area contributed by atoms with Crippen molar-refractivity contribution in [1.82, 2.24) is 0 Å². The maximum Gasteiger partial charge on any atom is 0.331 e. The van der Waals surface area contributed by atoms with E-state index in [-0.39, 0.29) is 25.6 Å². The monoisotopic (exact) mass is 566 g/mol. The van der Waals surface area contributed by atoms with Crippen LogP contribution in [-0.2, 0) is 52.4 Å². The van der Waals surface area contributed by atoms with Gasteiger partial charge in [-0.25, -0.2) is 4.79 Å². The van der Waals surface area contributed by atoms with Gasteiger partial charge >= 0.3 is 29.8 Å². The highest BCUT2D eigenvalue weighted by molar-refractivity contribution is 5.85. The number of hydrogen-bond donors (Lipinski definition) is 0. The summed E-state index contributed by atoms with van der Waals surface area (Å²) in [5.74, 6) is -3.29. The van der Waals surface area contributed by atoms with Crippen molar-refractivity contribution < 1.29 is 52.4 Å². The van der Waals surface area contributed by atoms with Gasteiger partial charge in [0, 0.05) is 52.4 Å². The van der Waals surface area contributed by atoms with Crippen molar-refractivity contribution in [3.63, 3.8) is 0 Å². The first kappa shape index (κ1) is 31.6. The van der Waals surface area contributed by atoms with E-state index in [1.54, 1.807) is 7.11 Å². The molecule has 0 aromatic carbocycles. The predicted molar refractivity (Wildman–Crippen MR) is 139 cm³/mol. The van der Waals surface area contributed by atoms with Gasteiger partial charge < -0.3 is 28.4 Å². The summed E-state index contributed by atoms with van der Waals surface area (Å²) >= 11 is 0. The summed E-state index contributed by atoms with van der Waals surface area (Å²) in [5, 5.41) is 0. The molecule has 0 amide bonds. The summed E-state index contributed by atoms with van der Waals surface area (Å²) in [6, 6.07) is 0. The molecule has 8 atom stereocenters. The summed E-state index contributed by atoms with van der Waals surface area (Å²) in [5.41, 5.74) is -2.34. The normalized spacial score (nSPS) is 35.9. The van der Waals surface area contributed by atoms with Gasteiger partial charge in [-0.05, 0) is 43.9 Å².